The minimum absolute atomic E-state index is 0.0227. The average Bonchev–Trinajstić information content (AvgIpc) is 3.17. The van der Waals surface area contributed by atoms with Crippen LogP contribution in [0.3, 0.4) is 0 Å². The van der Waals surface area contributed by atoms with Gasteiger partial charge in [0.2, 0.25) is 0 Å². The first-order chi connectivity index (χ1) is 13.2. The number of amides is 2. The van der Waals surface area contributed by atoms with E-state index in [-0.39, 0.29) is 18.4 Å². The van der Waals surface area contributed by atoms with Crippen molar-refractivity contribution >= 4 is 17.5 Å². The molecule has 1 unspecified atom stereocenters. The van der Waals surface area contributed by atoms with Gasteiger partial charge in [0.1, 0.15) is 0 Å². The lowest BCUT2D eigenvalue weighted by Gasteiger charge is -2.28. The molecule has 6 heteroatoms. The number of carbonyl (C=O) groups excluding carboxylic acids is 2. The van der Waals surface area contributed by atoms with Crippen molar-refractivity contribution in [1.82, 2.24) is 5.32 Å². The minimum Gasteiger partial charge on any atom is -0.493 e. The van der Waals surface area contributed by atoms with Crippen LogP contribution in [0.4, 0.5) is 0 Å². The van der Waals surface area contributed by atoms with E-state index >= 15 is 0 Å². The first-order valence-corrected chi connectivity index (χ1v) is 8.96. The van der Waals surface area contributed by atoms with Crippen LogP contribution in [-0.2, 0) is 9.59 Å². The fraction of sp³-hybridized carbons (Fsp3) is 0.286. The van der Waals surface area contributed by atoms with Crippen molar-refractivity contribution in [3.63, 3.8) is 0 Å². The number of carbonyl (C=O) groups is 2. The van der Waals surface area contributed by atoms with Crippen molar-refractivity contribution in [3.8, 4) is 11.5 Å². The van der Waals surface area contributed by atoms with Gasteiger partial charge in [-0.15, -0.1) is 0 Å². The van der Waals surface area contributed by atoms with E-state index in [0.29, 0.717) is 17.2 Å². The number of ether oxygens (including phenoxy) is 2. The van der Waals surface area contributed by atoms with Crippen LogP contribution in [0.25, 0.3) is 0 Å². The van der Waals surface area contributed by atoms with Crippen LogP contribution in [0.1, 0.15) is 19.3 Å². The first kappa shape index (κ1) is 17.3. The number of methoxy groups -OCH3 is 1. The first-order valence-electron chi connectivity index (χ1n) is 8.96. The molecule has 0 saturated carbocycles. The van der Waals surface area contributed by atoms with Crippen LogP contribution >= 0.6 is 0 Å². The smallest absolute Gasteiger partial charge is 0.284 e. The molecule has 1 aromatic rings. The Kier molecular flexibility index (Phi) is 4.62. The molecule has 6 nitrogen and oxygen atoms in total. The normalized spacial score (nSPS) is 22.1. The number of hydrogen-bond donors (Lipinski definition) is 1. The third-order valence-corrected chi connectivity index (χ3v) is 4.94. The molecule has 1 heterocycles. The van der Waals surface area contributed by atoms with Gasteiger partial charge in [-0.05, 0) is 49.1 Å². The summed E-state index contributed by atoms with van der Waals surface area (Å²) in [6.07, 6.45) is 8.42. The maximum Gasteiger partial charge on any atom is 0.284 e. The summed E-state index contributed by atoms with van der Waals surface area (Å²) < 4.78 is 10.7. The van der Waals surface area contributed by atoms with Crippen LogP contribution in [0, 0.1) is 5.92 Å². The Labute approximate surface area is 157 Å². The largest absolute Gasteiger partial charge is 0.493 e. The summed E-state index contributed by atoms with van der Waals surface area (Å²) in [5.41, 5.74) is 3.42. The van der Waals surface area contributed by atoms with Gasteiger partial charge in [-0.3, -0.25) is 9.59 Å². The average molecular weight is 364 g/mol. The molecule has 1 aromatic carbocycles. The van der Waals surface area contributed by atoms with E-state index in [9.17, 15) is 9.59 Å². The predicted molar refractivity (Wildman–Crippen MR) is 101 cm³/mol. The zero-order valence-electron chi connectivity index (χ0n) is 15.0. The number of benzene rings is 1. The molecular weight excluding hydrogens is 344 g/mol. The van der Waals surface area contributed by atoms with E-state index in [4.69, 9.17) is 9.47 Å². The molecule has 4 rings (SSSR count). The van der Waals surface area contributed by atoms with Gasteiger partial charge >= 0.3 is 0 Å². The van der Waals surface area contributed by atoms with Crippen molar-refractivity contribution in [2.75, 3.05) is 13.7 Å². The highest BCUT2D eigenvalue weighted by Crippen LogP contribution is 2.39. The lowest BCUT2D eigenvalue weighted by molar-refractivity contribution is -0.119. The van der Waals surface area contributed by atoms with Crippen LogP contribution < -0.4 is 14.8 Å². The highest BCUT2D eigenvalue weighted by atomic mass is 16.5. The molecule has 0 bridgehead atoms. The number of aliphatic imine (C=N–C) groups is 1. The second-order valence-electron chi connectivity index (χ2n) is 6.62. The second-order valence-corrected chi connectivity index (χ2v) is 6.62. The van der Waals surface area contributed by atoms with E-state index in [1.54, 1.807) is 31.4 Å². The lowest BCUT2D eigenvalue weighted by atomic mass is 9.85. The molecule has 0 fully saturated rings. The highest BCUT2D eigenvalue weighted by molar-refractivity contribution is 6.11. The molecule has 0 aromatic heterocycles. The summed E-state index contributed by atoms with van der Waals surface area (Å²) in [6, 6.07) is 7.13. The quantitative estimate of drug-likeness (QED) is 0.891. The summed E-state index contributed by atoms with van der Waals surface area (Å²) in [5, 5.41) is 2.94. The molecule has 1 aliphatic heterocycles. The molecule has 1 atom stereocenters. The van der Waals surface area contributed by atoms with E-state index in [1.165, 1.54) is 5.57 Å². The number of para-hydroxylation sites is 2. The molecule has 0 spiro atoms. The van der Waals surface area contributed by atoms with Crippen molar-refractivity contribution < 1.29 is 19.1 Å². The lowest BCUT2D eigenvalue weighted by Crippen LogP contribution is -2.35. The maximum absolute atomic E-state index is 12.2. The SMILES string of the molecule is COc1ccccc1OCC(=O)N=C1C=CC2C(=C1)NC(=O)C1=C2CCC1. The predicted octanol–water partition coefficient (Wildman–Crippen LogP) is 2.72. The van der Waals surface area contributed by atoms with Gasteiger partial charge in [-0.25, -0.2) is 4.99 Å². The topological polar surface area (TPSA) is 77.0 Å². The standard InChI is InChI=1S/C21H20N2O4/c1-26-18-7-2-3-8-19(18)27-12-20(24)22-13-9-10-15-14-5-4-6-16(14)21(25)23-17(15)11-13/h2-3,7-11,15H,4-6,12H2,1H3,(H,23,25). The van der Waals surface area contributed by atoms with Gasteiger partial charge in [0, 0.05) is 17.2 Å². The molecule has 0 saturated heterocycles. The Bertz CT molecular complexity index is 924. The van der Waals surface area contributed by atoms with Gasteiger partial charge < -0.3 is 14.8 Å². The number of nitrogens with one attached hydrogen (secondary N) is 1. The molecule has 1 N–H and O–H groups in total. The number of hydrogen-bond acceptors (Lipinski definition) is 4. The summed E-state index contributed by atoms with van der Waals surface area (Å²) >= 11 is 0. The van der Waals surface area contributed by atoms with Gasteiger partial charge in [0.25, 0.3) is 11.8 Å². The summed E-state index contributed by atoms with van der Waals surface area (Å²) in [4.78, 5) is 28.5. The highest BCUT2D eigenvalue weighted by Gasteiger charge is 2.34. The Balaban J connectivity index is 1.45. The molecule has 2 aliphatic carbocycles. The van der Waals surface area contributed by atoms with Crippen molar-refractivity contribution in [2.45, 2.75) is 19.3 Å². The van der Waals surface area contributed by atoms with Gasteiger partial charge in [0.05, 0.1) is 12.8 Å². The molecule has 0 radical (unpaired) electrons. The van der Waals surface area contributed by atoms with Crippen LogP contribution in [0.2, 0.25) is 0 Å². The number of allylic oxidation sites excluding steroid dienone is 3. The van der Waals surface area contributed by atoms with Gasteiger partial charge in [-0.2, -0.15) is 0 Å². The molecule has 2 amide bonds. The summed E-state index contributed by atoms with van der Waals surface area (Å²) in [5.74, 6) is 0.723. The third kappa shape index (κ3) is 3.43. The van der Waals surface area contributed by atoms with Crippen LogP contribution in [-0.4, -0.2) is 31.2 Å². The molecule has 138 valence electrons. The fourth-order valence-corrected chi connectivity index (χ4v) is 3.71. The van der Waals surface area contributed by atoms with E-state index in [2.05, 4.69) is 10.3 Å². The van der Waals surface area contributed by atoms with Crippen LogP contribution in [0.15, 0.2) is 64.3 Å². The number of rotatable bonds is 4. The molecule has 27 heavy (non-hydrogen) atoms. The zero-order chi connectivity index (χ0) is 18.8. The second kappa shape index (κ2) is 7.23. The van der Waals surface area contributed by atoms with Crippen molar-refractivity contribution in [1.29, 1.82) is 0 Å². The van der Waals surface area contributed by atoms with Crippen LogP contribution in [0.5, 0.6) is 11.5 Å². The van der Waals surface area contributed by atoms with Gasteiger partial charge in [-0.1, -0.05) is 18.2 Å². The van der Waals surface area contributed by atoms with E-state index < -0.39 is 5.91 Å². The van der Waals surface area contributed by atoms with E-state index in [1.807, 2.05) is 18.2 Å². The number of fused-ring (bicyclic) bond motifs is 2. The maximum atomic E-state index is 12.2. The van der Waals surface area contributed by atoms with Crippen molar-refractivity contribution in [3.05, 3.63) is 59.3 Å². The summed E-state index contributed by atoms with van der Waals surface area (Å²) in [7, 11) is 1.54. The van der Waals surface area contributed by atoms with Crippen molar-refractivity contribution in [2.24, 2.45) is 10.9 Å². The van der Waals surface area contributed by atoms with E-state index in [0.717, 1.165) is 30.5 Å². The summed E-state index contributed by atoms with van der Waals surface area (Å²) in [6.45, 7) is -0.189. The minimum atomic E-state index is -0.404. The monoisotopic (exact) mass is 364 g/mol. The number of nitrogens with zero attached hydrogens (tertiary/aromatic N) is 1. The van der Waals surface area contributed by atoms with Gasteiger partial charge in [0.15, 0.2) is 18.1 Å². The Morgan fingerprint density at radius 3 is 2.89 bits per heavy atom. The Morgan fingerprint density at radius 2 is 2.07 bits per heavy atom. The molecular formula is C21H20N2O4. The Hall–Kier alpha value is -3.15. The zero-order valence-corrected chi connectivity index (χ0v) is 15.0. The molecule has 3 aliphatic rings. The Morgan fingerprint density at radius 1 is 1.26 bits per heavy atom. The third-order valence-electron chi connectivity index (χ3n) is 4.94. The fourth-order valence-electron chi connectivity index (χ4n) is 3.71.